The molecule has 0 unspecified atom stereocenters. The molecule has 7 heteroatoms. The van der Waals surface area contributed by atoms with Gasteiger partial charge in [0.05, 0.1) is 10.6 Å². The maximum Gasteiger partial charge on any atom is 0.243 e. The number of piperidine rings is 1. The fourth-order valence-electron chi connectivity index (χ4n) is 2.44. The lowest BCUT2D eigenvalue weighted by molar-refractivity contribution is -0.113. The highest BCUT2D eigenvalue weighted by atomic mass is 32.2. The predicted octanol–water partition coefficient (Wildman–Crippen LogP) is 3.33. The second-order valence-corrected chi connectivity index (χ2v) is 10.7. The van der Waals surface area contributed by atoms with Crippen molar-refractivity contribution in [3.8, 4) is 0 Å². The van der Waals surface area contributed by atoms with Gasteiger partial charge >= 0.3 is 0 Å². The molecule has 1 aliphatic heterocycles. The number of carbonyl (C=O) groups is 1. The van der Waals surface area contributed by atoms with Crippen LogP contribution in [0.25, 0.3) is 0 Å². The zero-order valence-electron chi connectivity index (χ0n) is 14.5. The van der Waals surface area contributed by atoms with Crippen LogP contribution in [0, 0.1) is 0 Å². The Kier molecular flexibility index (Phi) is 6.33. The van der Waals surface area contributed by atoms with Crippen LogP contribution in [-0.2, 0) is 14.8 Å². The smallest absolute Gasteiger partial charge is 0.243 e. The fourth-order valence-corrected chi connectivity index (χ4v) is 4.60. The molecule has 0 saturated carbocycles. The first kappa shape index (κ1) is 19.3. The van der Waals surface area contributed by atoms with E-state index in [0.29, 0.717) is 24.5 Å². The Labute approximate surface area is 149 Å². The van der Waals surface area contributed by atoms with E-state index in [9.17, 15) is 13.2 Å². The molecular formula is C17H26N2O3S2. The number of thioether (sulfide) groups is 1. The molecule has 1 N–H and O–H groups in total. The molecule has 2 rings (SSSR count). The number of amides is 1. The summed E-state index contributed by atoms with van der Waals surface area (Å²) in [4.78, 5) is 12.2. The summed E-state index contributed by atoms with van der Waals surface area (Å²) in [7, 11) is -3.42. The van der Waals surface area contributed by atoms with Crippen LogP contribution in [0.3, 0.4) is 0 Å². The molecule has 5 nitrogen and oxygen atoms in total. The summed E-state index contributed by atoms with van der Waals surface area (Å²) < 4.78 is 26.7. The average Bonchev–Trinajstić information content (AvgIpc) is 2.54. The van der Waals surface area contributed by atoms with Gasteiger partial charge in [-0.05, 0) is 37.1 Å². The van der Waals surface area contributed by atoms with Gasteiger partial charge in [0, 0.05) is 23.5 Å². The highest BCUT2D eigenvalue weighted by molar-refractivity contribution is 8.01. The minimum absolute atomic E-state index is 0.0315. The van der Waals surface area contributed by atoms with Crippen molar-refractivity contribution in [3.63, 3.8) is 0 Å². The van der Waals surface area contributed by atoms with Gasteiger partial charge in [-0.15, -0.1) is 11.8 Å². The zero-order chi connectivity index (χ0) is 17.8. The molecule has 134 valence electrons. The van der Waals surface area contributed by atoms with Crippen molar-refractivity contribution in [2.24, 2.45) is 0 Å². The SMILES string of the molecule is CC(C)(C)SCC(=O)Nc1ccc(S(=O)(=O)N2CCCCC2)cc1. The summed E-state index contributed by atoms with van der Waals surface area (Å²) in [6.07, 6.45) is 2.92. The molecule has 1 aromatic rings. The molecule has 24 heavy (non-hydrogen) atoms. The van der Waals surface area contributed by atoms with Crippen molar-refractivity contribution in [1.29, 1.82) is 0 Å². The van der Waals surface area contributed by atoms with Crippen molar-refractivity contribution < 1.29 is 13.2 Å². The van der Waals surface area contributed by atoms with Crippen molar-refractivity contribution in [2.75, 3.05) is 24.2 Å². The normalized spacial score (nSPS) is 16.8. The number of benzene rings is 1. The standard InChI is InChI=1S/C17H26N2O3S2/c1-17(2,3)23-13-16(20)18-14-7-9-15(10-8-14)24(21,22)19-11-5-4-6-12-19/h7-10H,4-6,11-13H2,1-3H3,(H,18,20). The summed E-state index contributed by atoms with van der Waals surface area (Å²) in [6.45, 7) is 7.36. The molecular weight excluding hydrogens is 344 g/mol. The van der Waals surface area contributed by atoms with E-state index in [1.165, 1.54) is 0 Å². The Bertz CT molecular complexity index is 658. The number of sulfonamides is 1. The lowest BCUT2D eigenvalue weighted by Gasteiger charge is -2.25. The van der Waals surface area contributed by atoms with Crippen molar-refractivity contribution >= 4 is 33.4 Å². The minimum Gasteiger partial charge on any atom is -0.325 e. The Hall–Kier alpha value is -1.05. The van der Waals surface area contributed by atoms with Gasteiger partial charge in [-0.3, -0.25) is 4.79 Å². The van der Waals surface area contributed by atoms with Crippen LogP contribution in [0.2, 0.25) is 0 Å². The molecule has 0 aromatic heterocycles. The minimum atomic E-state index is -3.42. The van der Waals surface area contributed by atoms with Gasteiger partial charge in [0.1, 0.15) is 0 Å². The van der Waals surface area contributed by atoms with Gasteiger partial charge < -0.3 is 5.32 Å². The Morgan fingerprint density at radius 2 is 1.71 bits per heavy atom. The van der Waals surface area contributed by atoms with Gasteiger partial charge in [-0.1, -0.05) is 27.2 Å². The molecule has 0 atom stereocenters. The van der Waals surface area contributed by atoms with Gasteiger partial charge in [0.2, 0.25) is 15.9 Å². The van der Waals surface area contributed by atoms with Crippen LogP contribution in [0.1, 0.15) is 40.0 Å². The zero-order valence-corrected chi connectivity index (χ0v) is 16.2. The number of hydrogen-bond donors (Lipinski definition) is 1. The number of anilines is 1. The van der Waals surface area contributed by atoms with Gasteiger partial charge in [-0.25, -0.2) is 8.42 Å². The first-order valence-corrected chi connectivity index (χ1v) is 10.6. The Morgan fingerprint density at radius 3 is 2.25 bits per heavy atom. The maximum atomic E-state index is 12.6. The number of nitrogens with one attached hydrogen (secondary N) is 1. The molecule has 1 fully saturated rings. The molecule has 0 bridgehead atoms. The predicted molar refractivity (Wildman–Crippen MR) is 99.9 cm³/mol. The number of hydrogen-bond acceptors (Lipinski definition) is 4. The third-order valence-corrected chi connectivity index (χ3v) is 6.91. The van der Waals surface area contributed by atoms with E-state index in [-0.39, 0.29) is 15.5 Å². The van der Waals surface area contributed by atoms with Crippen LogP contribution in [0.5, 0.6) is 0 Å². The first-order valence-electron chi connectivity index (χ1n) is 8.22. The van der Waals surface area contributed by atoms with Crippen LogP contribution >= 0.6 is 11.8 Å². The van der Waals surface area contributed by atoms with Crippen LogP contribution in [-0.4, -0.2) is 42.2 Å². The van der Waals surface area contributed by atoms with E-state index < -0.39 is 10.0 Å². The van der Waals surface area contributed by atoms with E-state index in [1.807, 2.05) is 0 Å². The van der Waals surface area contributed by atoms with Crippen molar-refractivity contribution in [1.82, 2.24) is 4.31 Å². The third kappa shape index (κ3) is 5.50. The van der Waals surface area contributed by atoms with Crippen molar-refractivity contribution in [2.45, 2.75) is 49.7 Å². The maximum absolute atomic E-state index is 12.6. The molecule has 1 aliphatic rings. The Balaban J connectivity index is 1.98. The molecule has 0 radical (unpaired) electrons. The van der Waals surface area contributed by atoms with Crippen LogP contribution < -0.4 is 5.32 Å². The summed E-state index contributed by atoms with van der Waals surface area (Å²) in [5, 5.41) is 2.80. The summed E-state index contributed by atoms with van der Waals surface area (Å²) in [6, 6.07) is 6.43. The molecule has 0 spiro atoms. The lowest BCUT2D eigenvalue weighted by Crippen LogP contribution is -2.35. The molecule has 1 amide bonds. The topological polar surface area (TPSA) is 66.5 Å². The molecule has 1 aromatic carbocycles. The summed E-state index contributed by atoms with van der Waals surface area (Å²) in [5.74, 6) is 0.290. The monoisotopic (exact) mass is 370 g/mol. The third-order valence-electron chi connectivity index (χ3n) is 3.73. The fraction of sp³-hybridized carbons (Fsp3) is 0.588. The lowest BCUT2D eigenvalue weighted by atomic mass is 10.2. The van der Waals surface area contributed by atoms with E-state index in [0.717, 1.165) is 19.3 Å². The highest BCUT2D eigenvalue weighted by Gasteiger charge is 2.25. The van der Waals surface area contributed by atoms with E-state index in [2.05, 4.69) is 26.1 Å². The Morgan fingerprint density at radius 1 is 1.12 bits per heavy atom. The second-order valence-electron chi connectivity index (χ2n) is 6.94. The number of rotatable bonds is 5. The molecule has 1 saturated heterocycles. The number of nitrogens with zero attached hydrogens (tertiary/aromatic N) is 1. The summed E-state index contributed by atoms with van der Waals surface area (Å²) in [5.41, 5.74) is 0.618. The number of carbonyl (C=O) groups excluding carboxylic acids is 1. The van der Waals surface area contributed by atoms with Gasteiger partial charge in [0.15, 0.2) is 0 Å². The van der Waals surface area contributed by atoms with Crippen molar-refractivity contribution in [3.05, 3.63) is 24.3 Å². The largest absolute Gasteiger partial charge is 0.325 e. The highest BCUT2D eigenvalue weighted by Crippen LogP contribution is 2.24. The van der Waals surface area contributed by atoms with Crippen LogP contribution in [0.15, 0.2) is 29.2 Å². The van der Waals surface area contributed by atoms with Crippen LogP contribution in [0.4, 0.5) is 5.69 Å². The second kappa shape index (κ2) is 7.89. The van der Waals surface area contributed by atoms with Gasteiger partial charge in [-0.2, -0.15) is 4.31 Å². The molecule has 0 aliphatic carbocycles. The first-order chi connectivity index (χ1) is 11.2. The molecule has 1 heterocycles. The van der Waals surface area contributed by atoms with E-state index in [4.69, 9.17) is 0 Å². The summed E-state index contributed by atoms with van der Waals surface area (Å²) >= 11 is 1.57. The van der Waals surface area contributed by atoms with E-state index in [1.54, 1.807) is 40.3 Å². The quantitative estimate of drug-likeness (QED) is 0.863. The van der Waals surface area contributed by atoms with Gasteiger partial charge in [0.25, 0.3) is 0 Å². The average molecular weight is 371 g/mol. The van der Waals surface area contributed by atoms with E-state index >= 15 is 0 Å².